The van der Waals surface area contributed by atoms with Crippen molar-refractivity contribution in [1.29, 1.82) is 0 Å². The van der Waals surface area contributed by atoms with Crippen LogP contribution in [0.15, 0.2) is 30.3 Å². The summed E-state index contributed by atoms with van der Waals surface area (Å²) in [5, 5.41) is 3.36. The van der Waals surface area contributed by atoms with Crippen molar-refractivity contribution >= 4 is 5.91 Å². The van der Waals surface area contributed by atoms with E-state index in [9.17, 15) is 4.79 Å². The number of fused-ring (bicyclic) bond motifs is 1. The third kappa shape index (κ3) is 3.16. The van der Waals surface area contributed by atoms with Crippen LogP contribution in [0.4, 0.5) is 0 Å². The van der Waals surface area contributed by atoms with Gasteiger partial charge in [-0.1, -0.05) is 36.8 Å². The summed E-state index contributed by atoms with van der Waals surface area (Å²) >= 11 is 0. The first-order valence-electron chi connectivity index (χ1n) is 9.30. The van der Waals surface area contributed by atoms with E-state index in [2.05, 4.69) is 47.5 Å². The molecule has 3 nitrogen and oxygen atoms in total. The van der Waals surface area contributed by atoms with Gasteiger partial charge in [0.15, 0.2) is 0 Å². The van der Waals surface area contributed by atoms with E-state index in [0.29, 0.717) is 23.9 Å². The lowest BCUT2D eigenvalue weighted by atomic mass is 9.97. The zero-order valence-electron chi connectivity index (χ0n) is 14.1. The van der Waals surface area contributed by atoms with Gasteiger partial charge >= 0.3 is 0 Å². The van der Waals surface area contributed by atoms with Gasteiger partial charge in [-0.05, 0) is 50.0 Å². The quantitative estimate of drug-likeness (QED) is 0.926. The fourth-order valence-corrected chi connectivity index (χ4v) is 4.91. The number of rotatable bonds is 4. The highest BCUT2D eigenvalue weighted by atomic mass is 16.2. The third-order valence-corrected chi connectivity index (χ3v) is 6.30. The van der Waals surface area contributed by atoms with Gasteiger partial charge in [0, 0.05) is 31.1 Å². The fraction of sp³-hybridized carbons (Fsp3) is 0.650. The van der Waals surface area contributed by atoms with Gasteiger partial charge in [-0.3, -0.25) is 9.69 Å². The van der Waals surface area contributed by atoms with E-state index in [1.165, 1.54) is 24.8 Å². The molecule has 5 atom stereocenters. The van der Waals surface area contributed by atoms with Gasteiger partial charge in [0.2, 0.25) is 5.91 Å². The van der Waals surface area contributed by atoms with Crippen molar-refractivity contribution in [2.24, 2.45) is 17.8 Å². The van der Waals surface area contributed by atoms with Crippen LogP contribution in [0, 0.1) is 17.8 Å². The van der Waals surface area contributed by atoms with Gasteiger partial charge < -0.3 is 5.32 Å². The summed E-state index contributed by atoms with van der Waals surface area (Å²) in [6.07, 6.45) is 6.09. The summed E-state index contributed by atoms with van der Waals surface area (Å²) < 4.78 is 0. The number of piperidine rings is 1. The molecule has 1 unspecified atom stereocenters. The Morgan fingerprint density at radius 2 is 1.91 bits per heavy atom. The molecule has 0 spiro atoms. The second kappa shape index (κ2) is 6.27. The van der Waals surface area contributed by atoms with Crippen LogP contribution in [0.3, 0.4) is 0 Å². The zero-order valence-corrected chi connectivity index (χ0v) is 14.1. The van der Waals surface area contributed by atoms with Crippen molar-refractivity contribution < 1.29 is 4.79 Å². The molecule has 0 bridgehead atoms. The van der Waals surface area contributed by atoms with Crippen LogP contribution in [-0.4, -0.2) is 29.4 Å². The van der Waals surface area contributed by atoms with Crippen molar-refractivity contribution in [3.05, 3.63) is 35.9 Å². The number of carbonyl (C=O) groups is 1. The highest BCUT2D eigenvalue weighted by Crippen LogP contribution is 2.57. The monoisotopic (exact) mass is 312 g/mol. The van der Waals surface area contributed by atoms with Crippen LogP contribution in [-0.2, 0) is 11.3 Å². The minimum atomic E-state index is 0.355. The maximum atomic E-state index is 12.4. The molecule has 4 rings (SSSR count). The summed E-state index contributed by atoms with van der Waals surface area (Å²) in [6, 6.07) is 11.6. The van der Waals surface area contributed by atoms with Crippen molar-refractivity contribution in [1.82, 2.24) is 10.2 Å². The zero-order chi connectivity index (χ0) is 15.8. The van der Waals surface area contributed by atoms with Gasteiger partial charge in [0.05, 0.1) is 0 Å². The Labute approximate surface area is 139 Å². The molecular formula is C20H28N2O. The van der Waals surface area contributed by atoms with E-state index in [4.69, 9.17) is 0 Å². The Hall–Kier alpha value is -1.35. The predicted molar refractivity (Wildman–Crippen MR) is 91.8 cm³/mol. The molecule has 2 aliphatic carbocycles. The SMILES string of the molecule is C[C@@H]1C[C@H](NC(=O)C2[C@H]3CCC[C@@H]23)CCN1Cc1ccccc1. The lowest BCUT2D eigenvalue weighted by Gasteiger charge is -2.38. The van der Waals surface area contributed by atoms with Crippen molar-refractivity contribution in [3.8, 4) is 0 Å². The minimum Gasteiger partial charge on any atom is -0.353 e. The molecule has 1 amide bonds. The van der Waals surface area contributed by atoms with Crippen molar-refractivity contribution in [2.45, 2.75) is 57.7 Å². The molecule has 124 valence electrons. The molecular weight excluding hydrogens is 284 g/mol. The summed E-state index contributed by atoms with van der Waals surface area (Å²) in [6.45, 7) is 4.40. The first kappa shape index (κ1) is 15.2. The number of hydrogen-bond acceptors (Lipinski definition) is 2. The fourth-order valence-electron chi connectivity index (χ4n) is 4.91. The molecule has 1 heterocycles. The second-order valence-electron chi connectivity index (χ2n) is 7.82. The minimum absolute atomic E-state index is 0.355. The molecule has 1 saturated heterocycles. The number of amides is 1. The van der Waals surface area contributed by atoms with Gasteiger partial charge in [0.25, 0.3) is 0 Å². The number of carbonyl (C=O) groups excluding carboxylic acids is 1. The molecule has 2 saturated carbocycles. The van der Waals surface area contributed by atoms with Gasteiger partial charge in [-0.25, -0.2) is 0 Å². The predicted octanol–water partition coefficient (Wildman–Crippen LogP) is 3.20. The molecule has 0 radical (unpaired) electrons. The average Bonchev–Trinajstić information content (AvgIpc) is 3.04. The topological polar surface area (TPSA) is 32.3 Å². The van der Waals surface area contributed by atoms with Gasteiger partial charge in [-0.15, -0.1) is 0 Å². The van der Waals surface area contributed by atoms with Crippen LogP contribution in [0.25, 0.3) is 0 Å². The number of hydrogen-bond donors (Lipinski definition) is 1. The third-order valence-electron chi connectivity index (χ3n) is 6.30. The van der Waals surface area contributed by atoms with E-state index in [1.807, 2.05) is 0 Å². The smallest absolute Gasteiger partial charge is 0.223 e. The summed E-state index contributed by atoms with van der Waals surface area (Å²) in [5.41, 5.74) is 1.38. The maximum absolute atomic E-state index is 12.4. The summed E-state index contributed by atoms with van der Waals surface area (Å²) in [7, 11) is 0. The molecule has 1 aliphatic heterocycles. The standard InChI is InChI=1S/C20H28N2O/c1-14-12-16(21-20(23)19-17-8-5-9-18(17)19)10-11-22(14)13-15-6-3-2-4-7-15/h2-4,6-7,14,16-19H,5,8-13H2,1H3,(H,21,23)/t14-,16-,17-,18+,19?/m1/s1. The molecule has 0 aromatic heterocycles. The van der Waals surface area contributed by atoms with Crippen LogP contribution in [0.5, 0.6) is 0 Å². The molecule has 3 aliphatic rings. The lowest BCUT2D eigenvalue weighted by molar-refractivity contribution is -0.124. The average molecular weight is 312 g/mol. The van der Waals surface area contributed by atoms with E-state index in [0.717, 1.165) is 37.8 Å². The normalized spacial score (nSPS) is 36.5. The Balaban J connectivity index is 1.27. The Morgan fingerprint density at radius 1 is 1.17 bits per heavy atom. The van der Waals surface area contributed by atoms with Crippen molar-refractivity contribution in [2.75, 3.05) is 6.54 Å². The van der Waals surface area contributed by atoms with Crippen LogP contribution < -0.4 is 5.32 Å². The molecule has 23 heavy (non-hydrogen) atoms. The number of likely N-dealkylation sites (tertiary alicyclic amines) is 1. The van der Waals surface area contributed by atoms with E-state index >= 15 is 0 Å². The van der Waals surface area contributed by atoms with Crippen LogP contribution in [0.1, 0.15) is 44.6 Å². The molecule has 1 aromatic carbocycles. The largest absolute Gasteiger partial charge is 0.353 e. The van der Waals surface area contributed by atoms with E-state index in [-0.39, 0.29) is 0 Å². The maximum Gasteiger partial charge on any atom is 0.223 e. The molecule has 1 aromatic rings. The number of nitrogens with zero attached hydrogens (tertiary/aromatic N) is 1. The van der Waals surface area contributed by atoms with E-state index in [1.54, 1.807) is 0 Å². The molecule has 3 fully saturated rings. The highest BCUT2D eigenvalue weighted by Gasteiger charge is 2.56. The Morgan fingerprint density at radius 3 is 2.61 bits per heavy atom. The Kier molecular flexibility index (Phi) is 4.14. The first-order chi connectivity index (χ1) is 11.2. The second-order valence-corrected chi connectivity index (χ2v) is 7.82. The van der Waals surface area contributed by atoms with Gasteiger partial charge in [0.1, 0.15) is 0 Å². The van der Waals surface area contributed by atoms with E-state index < -0.39 is 0 Å². The first-order valence-corrected chi connectivity index (χ1v) is 9.30. The van der Waals surface area contributed by atoms with Gasteiger partial charge in [-0.2, -0.15) is 0 Å². The lowest BCUT2D eigenvalue weighted by Crippen LogP contribution is -2.49. The van der Waals surface area contributed by atoms with Crippen LogP contribution >= 0.6 is 0 Å². The number of nitrogens with one attached hydrogen (secondary N) is 1. The van der Waals surface area contributed by atoms with Crippen LogP contribution in [0.2, 0.25) is 0 Å². The van der Waals surface area contributed by atoms with Crippen molar-refractivity contribution in [3.63, 3.8) is 0 Å². The summed E-state index contributed by atoms with van der Waals surface area (Å²) in [5.74, 6) is 2.17. The Bertz CT molecular complexity index is 548. The molecule has 1 N–H and O–H groups in total. The highest BCUT2D eigenvalue weighted by molar-refractivity contribution is 5.82. The number of benzene rings is 1. The molecule has 3 heteroatoms. The summed E-state index contributed by atoms with van der Waals surface area (Å²) in [4.78, 5) is 15.0.